The summed E-state index contributed by atoms with van der Waals surface area (Å²) >= 11 is 0. The molecule has 0 aliphatic carbocycles. The van der Waals surface area contributed by atoms with Crippen molar-refractivity contribution in [3.05, 3.63) is 24.3 Å². The highest BCUT2D eigenvalue weighted by Gasteiger charge is 2.24. The topological polar surface area (TPSA) is 52.7 Å². The fourth-order valence-corrected chi connectivity index (χ4v) is 3.42. The monoisotopic (exact) mass is 359 g/mol. The summed E-state index contributed by atoms with van der Waals surface area (Å²) < 4.78 is 0. The van der Waals surface area contributed by atoms with Gasteiger partial charge in [0.05, 0.1) is 0 Å². The van der Waals surface area contributed by atoms with Crippen LogP contribution in [0.2, 0.25) is 0 Å². The first-order valence-electron chi connectivity index (χ1n) is 9.60. The van der Waals surface area contributed by atoms with Gasteiger partial charge in [0, 0.05) is 49.9 Å². The molecule has 0 unspecified atom stereocenters. The number of amides is 2. The van der Waals surface area contributed by atoms with Crippen LogP contribution in [-0.2, 0) is 9.59 Å². The summed E-state index contributed by atoms with van der Waals surface area (Å²) in [5.41, 5.74) is 1.74. The number of rotatable bonds is 5. The normalized spacial score (nSPS) is 15.7. The summed E-state index contributed by atoms with van der Waals surface area (Å²) in [5.74, 6) is 0.734. The van der Waals surface area contributed by atoms with Gasteiger partial charge in [-0.15, -0.1) is 0 Å². The molecule has 0 saturated carbocycles. The first-order chi connectivity index (χ1) is 12.2. The molecule has 1 fully saturated rings. The van der Waals surface area contributed by atoms with Crippen molar-refractivity contribution < 1.29 is 9.59 Å². The van der Waals surface area contributed by atoms with E-state index in [0.717, 1.165) is 24.7 Å². The second-order valence-electron chi connectivity index (χ2n) is 8.36. The zero-order valence-electron chi connectivity index (χ0n) is 16.8. The van der Waals surface area contributed by atoms with Crippen LogP contribution in [0.1, 0.15) is 53.9 Å². The van der Waals surface area contributed by atoms with E-state index in [9.17, 15) is 9.59 Å². The van der Waals surface area contributed by atoms with Crippen LogP contribution in [0.15, 0.2) is 24.3 Å². The smallest absolute Gasteiger partial charge is 0.226 e. The molecule has 1 aromatic carbocycles. The lowest BCUT2D eigenvalue weighted by atomic mass is 9.99. The summed E-state index contributed by atoms with van der Waals surface area (Å²) in [6.07, 6.45) is 2.76. The van der Waals surface area contributed by atoms with Crippen molar-refractivity contribution >= 4 is 23.2 Å². The third kappa shape index (κ3) is 5.75. The van der Waals surface area contributed by atoms with Crippen molar-refractivity contribution in [1.29, 1.82) is 0 Å². The van der Waals surface area contributed by atoms with Gasteiger partial charge in [-0.3, -0.25) is 9.59 Å². The summed E-state index contributed by atoms with van der Waals surface area (Å²) in [6.45, 7) is 12.4. The Morgan fingerprint density at radius 2 is 1.73 bits per heavy atom. The van der Waals surface area contributed by atoms with Crippen LogP contribution < -0.4 is 10.2 Å². The van der Waals surface area contributed by atoms with Crippen LogP contribution in [0.5, 0.6) is 0 Å². The Labute approximate surface area is 157 Å². The molecule has 5 heteroatoms. The first kappa shape index (κ1) is 20.3. The third-order valence-electron chi connectivity index (χ3n) is 5.05. The highest BCUT2D eigenvalue weighted by molar-refractivity contribution is 5.91. The van der Waals surface area contributed by atoms with Gasteiger partial charge in [-0.2, -0.15) is 0 Å². The Kier molecular flexibility index (Phi) is 6.68. The number of hydrogen-bond donors (Lipinski definition) is 1. The van der Waals surface area contributed by atoms with Crippen molar-refractivity contribution in [3.63, 3.8) is 0 Å². The molecule has 2 amide bonds. The van der Waals surface area contributed by atoms with E-state index in [4.69, 9.17) is 0 Å². The molecule has 0 spiro atoms. The fraction of sp³-hybridized carbons (Fsp3) is 0.619. The fourth-order valence-electron chi connectivity index (χ4n) is 3.42. The average Bonchev–Trinajstić information content (AvgIpc) is 2.55. The Morgan fingerprint density at radius 3 is 2.23 bits per heavy atom. The van der Waals surface area contributed by atoms with Crippen molar-refractivity contribution in [2.75, 3.05) is 29.9 Å². The van der Waals surface area contributed by atoms with E-state index in [-0.39, 0.29) is 17.4 Å². The standard InChI is InChI=1S/C21H33N3O2/c1-16-10-13-23(14-11-16)19-8-6-18(7-9-19)22-20(26)12-15-24(17(2)25)21(3,4)5/h6-9,16H,10-15H2,1-5H3,(H,22,26). The number of hydrogen-bond acceptors (Lipinski definition) is 3. The van der Waals surface area contributed by atoms with E-state index in [1.165, 1.54) is 18.5 Å². The first-order valence-corrected chi connectivity index (χ1v) is 9.60. The van der Waals surface area contributed by atoms with Gasteiger partial charge in [-0.25, -0.2) is 0 Å². The third-order valence-corrected chi connectivity index (χ3v) is 5.05. The lowest BCUT2D eigenvalue weighted by Gasteiger charge is -2.34. The molecule has 1 aliphatic rings. The lowest BCUT2D eigenvalue weighted by Crippen LogP contribution is -2.45. The van der Waals surface area contributed by atoms with E-state index in [1.807, 2.05) is 32.9 Å². The minimum absolute atomic E-state index is 0.00879. The number of nitrogens with one attached hydrogen (secondary N) is 1. The molecular formula is C21H33N3O2. The lowest BCUT2D eigenvalue weighted by molar-refractivity contribution is -0.134. The number of anilines is 2. The van der Waals surface area contributed by atoms with Gasteiger partial charge in [0.15, 0.2) is 0 Å². The largest absolute Gasteiger partial charge is 0.372 e. The van der Waals surface area contributed by atoms with Gasteiger partial charge in [0.1, 0.15) is 0 Å². The van der Waals surface area contributed by atoms with E-state index < -0.39 is 0 Å². The zero-order valence-corrected chi connectivity index (χ0v) is 16.8. The Balaban J connectivity index is 1.86. The summed E-state index contributed by atoms with van der Waals surface area (Å²) in [6, 6.07) is 8.06. The van der Waals surface area contributed by atoms with Gasteiger partial charge < -0.3 is 15.1 Å². The number of piperidine rings is 1. The number of carbonyl (C=O) groups is 2. The van der Waals surface area contributed by atoms with Crippen molar-refractivity contribution in [3.8, 4) is 0 Å². The van der Waals surface area contributed by atoms with Gasteiger partial charge in [-0.05, 0) is 63.8 Å². The molecule has 0 radical (unpaired) electrons. The molecule has 0 bridgehead atoms. The van der Waals surface area contributed by atoms with Crippen molar-refractivity contribution in [2.45, 2.75) is 59.4 Å². The van der Waals surface area contributed by atoms with Gasteiger partial charge in [0.25, 0.3) is 0 Å². The SMILES string of the molecule is CC(=O)N(CCC(=O)Nc1ccc(N2CCC(C)CC2)cc1)C(C)(C)C. The Bertz CT molecular complexity index is 611. The quantitative estimate of drug-likeness (QED) is 0.867. The molecule has 1 heterocycles. The molecule has 0 aromatic heterocycles. The van der Waals surface area contributed by atoms with Crippen LogP contribution >= 0.6 is 0 Å². The predicted octanol–water partition coefficient (Wildman–Crippen LogP) is 3.90. The molecule has 1 aromatic rings. The maximum atomic E-state index is 12.2. The molecule has 0 atom stereocenters. The second kappa shape index (κ2) is 8.56. The average molecular weight is 360 g/mol. The minimum Gasteiger partial charge on any atom is -0.372 e. The molecular weight excluding hydrogens is 326 g/mol. The maximum absolute atomic E-state index is 12.2. The van der Waals surface area contributed by atoms with E-state index >= 15 is 0 Å². The van der Waals surface area contributed by atoms with Crippen LogP contribution in [0.4, 0.5) is 11.4 Å². The second-order valence-corrected chi connectivity index (χ2v) is 8.36. The van der Waals surface area contributed by atoms with Crippen molar-refractivity contribution in [1.82, 2.24) is 4.90 Å². The maximum Gasteiger partial charge on any atom is 0.226 e. The minimum atomic E-state index is -0.278. The van der Waals surface area contributed by atoms with E-state index in [1.54, 1.807) is 11.8 Å². The molecule has 2 rings (SSSR count). The molecule has 1 saturated heterocycles. The van der Waals surface area contributed by atoms with Crippen LogP contribution in [0.3, 0.4) is 0 Å². The molecule has 144 valence electrons. The van der Waals surface area contributed by atoms with Gasteiger partial charge in [-0.1, -0.05) is 6.92 Å². The number of nitrogens with zero attached hydrogens (tertiary/aromatic N) is 2. The molecule has 5 nitrogen and oxygen atoms in total. The highest BCUT2D eigenvalue weighted by atomic mass is 16.2. The zero-order chi connectivity index (χ0) is 19.3. The molecule has 1 aliphatic heterocycles. The molecule has 1 N–H and O–H groups in total. The predicted molar refractivity (Wildman–Crippen MR) is 107 cm³/mol. The van der Waals surface area contributed by atoms with Gasteiger partial charge >= 0.3 is 0 Å². The van der Waals surface area contributed by atoms with E-state index in [2.05, 4.69) is 29.3 Å². The highest BCUT2D eigenvalue weighted by Crippen LogP contribution is 2.24. The Hall–Kier alpha value is -2.04. The van der Waals surface area contributed by atoms with Gasteiger partial charge in [0.2, 0.25) is 11.8 Å². The van der Waals surface area contributed by atoms with E-state index in [0.29, 0.717) is 13.0 Å². The summed E-state index contributed by atoms with van der Waals surface area (Å²) in [7, 11) is 0. The summed E-state index contributed by atoms with van der Waals surface area (Å²) in [5, 5.41) is 2.93. The number of benzene rings is 1. The molecule has 26 heavy (non-hydrogen) atoms. The van der Waals surface area contributed by atoms with Crippen molar-refractivity contribution in [2.24, 2.45) is 5.92 Å². The summed E-state index contributed by atoms with van der Waals surface area (Å²) in [4.78, 5) is 28.1. The van der Waals surface area contributed by atoms with Crippen LogP contribution in [-0.4, -0.2) is 41.9 Å². The Morgan fingerprint density at radius 1 is 1.15 bits per heavy atom. The van der Waals surface area contributed by atoms with Crippen LogP contribution in [0, 0.1) is 5.92 Å². The number of carbonyl (C=O) groups excluding carboxylic acids is 2. The van der Waals surface area contributed by atoms with Crippen LogP contribution in [0.25, 0.3) is 0 Å².